The second-order valence-corrected chi connectivity index (χ2v) is 7.00. The maximum atomic E-state index is 12.6. The van der Waals surface area contributed by atoms with Gasteiger partial charge in [0, 0.05) is 51.4 Å². The summed E-state index contributed by atoms with van der Waals surface area (Å²) in [6.07, 6.45) is 5.79. The van der Waals surface area contributed by atoms with Gasteiger partial charge in [0.25, 0.3) is 5.91 Å². The first kappa shape index (κ1) is 17.7. The van der Waals surface area contributed by atoms with Gasteiger partial charge >= 0.3 is 0 Å². The molecule has 1 aliphatic heterocycles. The lowest BCUT2D eigenvalue weighted by Gasteiger charge is -2.31. The van der Waals surface area contributed by atoms with Gasteiger partial charge in [-0.2, -0.15) is 0 Å². The molecular formula is C18H27N5O2. The monoisotopic (exact) mass is 345 g/mol. The average Bonchev–Trinajstić information content (AvgIpc) is 3.18. The molecule has 0 bridgehead atoms. The van der Waals surface area contributed by atoms with E-state index in [4.69, 9.17) is 4.42 Å². The molecule has 2 aromatic rings. The Kier molecular flexibility index (Phi) is 5.22. The number of hydrogen-bond acceptors (Lipinski definition) is 5. The number of piperidine rings is 1. The zero-order chi connectivity index (χ0) is 18.0. The summed E-state index contributed by atoms with van der Waals surface area (Å²) in [6.45, 7) is 6.97. The van der Waals surface area contributed by atoms with Crippen molar-refractivity contribution < 1.29 is 9.21 Å². The summed E-state index contributed by atoms with van der Waals surface area (Å²) in [7, 11) is 4.15. The van der Waals surface area contributed by atoms with Crippen LogP contribution in [0.25, 0.3) is 0 Å². The number of imidazole rings is 1. The Bertz CT molecular complexity index is 726. The molecule has 0 aromatic carbocycles. The summed E-state index contributed by atoms with van der Waals surface area (Å²) in [6, 6.07) is 0. The second-order valence-electron chi connectivity index (χ2n) is 7.00. The Morgan fingerprint density at radius 2 is 2.04 bits per heavy atom. The van der Waals surface area contributed by atoms with Crippen LogP contribution in [-0.4, -0.2) is 64.0 Å². The predicted molar refractivity (Wildman–Crippen MR) is 94.6 cm³/mol. The summed E-state index contributed by atoms with van der Waals surface area (Å²) in [5.74, 6) is 2.41. The third-order valence-corrected chi connectivity index (χ3v) is 4.78. The van der Waals surface area contributed by atoms with Gasteiger partial charge in [-0.05, 0) is 33.9 Å². The lowest BCUT2D eigenvalue weighted by molar-refractivity contribution is 0.0675. The molecule has 0 radical (unpaired) electrons. The van der Waals surface area contributed by atoms with E-state index < -0.39 is 0 Å². The fourth-order valence-electron chi connectivity index (χ4n) is 3.39. The molecule has 0 aliphatic carbocycles. The van der Waals surface area contributed by atoms with Crippen LogP contribution in [0.15, 0.2) is 16.8 Å². The molecule has 3 rings (SSSR count). The quantitative estimate of drug-likeness (QED) is 0.830. The van der Waals surface area contributed by atoms with Gasteiger partial charge in [0.15, 0.2) is 5.89 Å². The molecule has 1 amide bonds. The van der Waals surface area contributed by atoms with E-state index in [0.717, 1.165) is 44.8 Å². The summed E-state index contributed by atoms with van der Waals surface area (Å²) in [4.78, 5) is 25.5. The minimum absolute atomic E-state index is 0.0486. The number of oxazole rings is 1. The lowest BCUT2D eigenvalue weighted by atomic mass is 9.95. The Morgan fingerprint density at radius 1 is 1.32 bits per heavy atom. The number of aromatic nitrogens is 3. The number of nitrogens with zero attached hydrogens (tertiary/aromatic N) is 5. The molecule has 1 saturated heterocycles. The van der Waals surface area contributed by atoms with E-state index >= 15 is 0 Å². The van der Waals surface area contributed by atoms with Crippen molar-refractivity contribution in [3.63, 3.8) is 0 Å². The molecule has 25 heavy (non-hydrogen) atoms. The van der Waals surface area contributed by atoms with Crippen molar-refractivity contribution in [1.29, 1.82) is 0 Å². The van der Waals surface area contributed by atoms with Crippen LogP contribution in [0.4, 0.5) is 0 Å². The Balaban J connectivity index is 1.62. The maximum Gasteiger partial charge on any atom is 0.291 e. The van der Waals surface area contributed by atoms with Crippen LogP contribution in [-0.2, 0) is 6.54 Å². The van der Waals surface area contributed by atoms with E-state index in [1.807, 2.05) is 18.0 Å². The van der Waals surface area contributed by atoms with Gasteiger partial charge in [-0.3, -0.25) is 4.79 Å². The first-order chi connectivity index (χ1) is 12.0. The first-order valence-corrected chi connectivity index (χ1v) is 8.84. The summed E-state index contributed by atoms with van der Waals surface area (Å²) in [5, 5.41) is 0. The first-order valence-electron chi connectivity index (χ1n) is 8.84. The molecule has 0 spiro atoms. The lowest BCUT2D eigenvalue weighted by Crippen LogP contribution is -2.38. The summed E-state index contributed by atoms with van der Waals surface area (Å²) in [5.41, 5.74) is 0.670. The number of amides is 1. The van der Waals surface area contributed by atoms with Gasteiger partial charge in [-0.25, -0.2) is 9.97 Å². The zero-order valence-corrected chi connectivity index (χ0v) is 15.5. The van der Waals surface area contributed by atoms with E-state index in [9.17, 15) is 4.79 Å². The molecule has 3 heterocycles. The topological polar surface area (TPSA) is 67.4 Å². The van der Waals surface area contributed by atoms with Crippen LogP contribution < -0.4 is 0 Å². The van der Waals surface area contributed by atoms with Gasteiger partial charge in [0.05, 0.1) is 5.69 Å². The average molecular weight is 345 g/mol. The highest BCUT2D eigenvalue weighted by molar-refractivity contribution is 5.92. The Labute approximate surface area is 148 Å². The molecule has 7 nitrogen and oxygen atoms in total. The highest BCUT2D eigenvalue weighted by atomic mass is 16.4. The SMILES string of the molecule is Cc1nc(C)c(C(=O)N2CCC(c3nccn3CCN(C)C)CC2)o1. The van der Waals surface area contributed by atoms with E-state index in [1.165, 1.54) is 0 Å². The van der Waals surface area contributed by atoms with Gasteiger partial charge < -0.3 is 18.8 Å². The molecule has 2 aromatic heterocycles. The molecule has 0 N–H and O–H groups in total. The minimum atomic E-state index is -0.0486. The Hall–Kier alpha value is -2.15. The second kappa shape index (κ2) is 7.39. The van der Waals surface area contributed by atoms with Gasteiger partial charge in [-0.1, -0.05) is 0 Å². The van der Waals surface area contributed by atoms with Gasteiger partial charge in [0.2, 0.25) is 5.76 Å². The van der Waals surface area contributed by atoms with Crippen molar-refractivity contribution in [2.45, 2.75) is 39.2 Å². The van der Waals surface area contributed by atoms with Crippen LogP contribution in [0, 0.1) is 13.8 Å². The largest absolute Gasteiger partial charge is 0.436 e. The van der Waals surface area contributed by atoms with Gasteiger partial charge in [-0.15, -0.1) is 0 Å². The fraction of sp³-hybridized carbons (Fsp3) is 0.611. The highest BCUT2D eigenvalue weighted by Crippen LogP contribution is 2.28. The standard InChI is InChI=1S/C18H27N5O2/c1-13-16(25-14(2)20-13)18(24)23-8-5-15(6-9-23)17-19-7-10-22(17)12-11-21(3)4/h7,10,15H,5-6,8-9,11-12H2,1-4H3. The number of likely N-dealkylation sites (N-methyl/N-ethyl adjacent to an activating group) is 1. The van der Waals surface area contributed by atoms with E-state index in [1.54, 1.807) is 6.92 Å². The van der Waals surface area contributed by atoms with Crippen molar-refractivity contribution in [3.05, 3.63) is 35.6 Å². The number of hydrogen-bond donors (Lipinski definition) is 0. The van der Waals surface area contributed by atoms with Crippen LogP contribution in [0.5, 0.6) is 0 Å². The number of likely N-dealkylation sites (tertiary alicyclic amines) is 1. The van der Waals surface area contributed by atoms with Crippen LogP contribution in [0.3, 0.4) is 0 Å². The number of carbonyl (C=O) groups is 1. The molecule has 7 heteroatoms. The fourth-order valence-corrected chi connectivity index (χ4v) is 3.39. The third kappa shape index (κ3) is 3.92. The Morgan fingerprint density at radius 3 is 2.64 bits per heavy atom. The third-order valence-electron chi connectivity index (χ3n) is 4.78. The van der Waals surface area contributed by atoms with Crippen LogP contribution >= 0.6 is 0 Å². The minimum Gasteiger partial charge on any atom is -0.436 e. The van der Waals surface area contributed by atoms with Crippen LogP contribution in [0.2, 0.25) is 0 Å². The van der Waals surface area contributed by atoms with E-state index in [2.05, 4.69) is 39.7 Å². The van der Waals surface area contributed by atoms with E-state index in [-0.39, 0.29) is 5.91 Å². The van der Waals surface area contributed by atoms with Crippen LogP contribution in [0.1, 0.15) is 46.7 Å². The summed E-state index contributed by atoms with van der Waals surface area (Å²) < 4.78 is 7.72. The van der Waals surface area contributed by atoms with Crippen molar-refractivity contribution >= 4 is 5.91 Å². The summed E-state index contributed by atoms with van der Waals surface area (Å²) >= 11 is 0. The number of carbonyl (C=O) groups excluding carboxylic acids is 1. The molecule has 136 valence electrons. The van der Waals surface area contributed by atoms with Crippen molar-refractivity contribution in [3.8, 4) is 0 Å². The van der Waals surface area contributed by atoms with Crippen molar-refractivity contribution in [2.24, 2.45) is 0 Å². The van der Waals surface area contributed by atoms with Gasteiger partial charge in [0.1, 0.15) is 5.82 Å². The smallest absolute Gasteiger partial charge is 0.291 e. The molecule has 1 fully saturated rings. The molecule has 0 unspecified atom stereocenters. The van der Waals surface area contributed by atoms with Crippen molar-refractivity contribution in [2.75, 3.05) is 33.7 Å². The highest BCUT2D eigenvalue weighted by Gasteiger charge is 2.29. The molecule has 0 atom stereocenters. The van der Waals surface area contributed by atoms with Crippen molar-refractivity contribution in [1.82, 2.24) is 24.3 Å². The van der Waals surface area contributed by atoms with E-state index in [0.29, 0.717) is 23.3 Å². The molecule has 1 aliphatic rings. The molecular weight excluding hydrogens is 318 g/mol. The normalized spacial score (nSPS) is 16.0. The maximum absolute atomic E-state index is 12.6. The zero-order valence-electron chi connectivity index (χ0n) is 15.5. The molecule has 0 saturated carbocycles. The number of rotatable bonds is 5. The predicted octanol–water partition coefficient (Wildman–Crippen LogP) is 2.07. The number of aryl methyl sites for hydroxylation is 2.